The van der Waals surface area contributed by atoms with E-state index >= 15 is 0 Å². The number of carbonyl (C=O) groups excluding carboxylic acids is 2. The quantitative estimate of drug-likeness (QED) is 0.219. The Balaban J connectivity index is 1.33. The van der Waals surface area contributed by atoms with Crippen molar-refractivity contribution in [1.29, 1.82) is 0 Å². The molecule has 0 radical (unpaired) electrons. The molecule has 168 valence electrons. The van der Waals surface area contributed by atoms with E-state index in [1.54, 1.807) is 97.1 Å². The predicted octanol–water partition coefficient (Wildman–Crippen LogP) is 5.77. The van der Waals surface area contributed by atoms with Crippen LogP contribution in [0.2, 0.25) is 0 Å². The van der Waals surface area contributed by atoms with Gasteiger partial charge in [0.05, 0.1) is 11.4 Å². The highest BCUT2D eigenvalue weighted by atomic mass is 16.2. The van der Waals surface area contributed by atoms with Gasteiger partial charge in [0.15, 0.2) is 0 Å². The van der Waals surface area contributed by atoms with Gasteiger partial charge in [0.1, 0.15) is 0 Å². The highest BCUT2D eigenvalue weighted by molar-refractivity contribution is 6.05. The van der Waals surface area contributed by atoms with Gasteiger partial charge in [0.25, 0.3) is 11.8 Å². The van der Waals surface area contributed by atoms with Crippen molar-refractivity contribution in [3.63, 3.8) is 0 Å². The fourth-order valence-electron chi connectivity index (χ4n) is 3.01. The normalized spacial score (nSPS) is 10.7. The van der Waals surface area contributed by atoms with E-state index in [0.717, 1.165) is 0 Å². The Morgan fingerprint density at radius 1 is 0.500 bits per heavy atom. The molecule has 0 unspecified atom stereocenters. The molecule has 0 fully saturated rings. The number of nitrogens with two attached hydrogens (primary N) is 2. The number of anilines is 4. The third kappa shape index (κ3) is 5.83. The van der Waals surface area contributed by atoms with E-state index in [1.165, 1.54) is 0 Å². The summed E-state index contributed by atoms with van der Waals surface area (Å²) < 4.78 is 0. The minimum absolute atomic E-state index is 0.224. The average molecular weight is 451 g/mol. The van der Waals surface area contributed by atoms with Crippen molar-refractivity contribution in [3.8, 4) is 0 Å². The van der Waals surface area contributed by atoms with Crippen LogP contribution in [0.3, 0.4) is 0 Å². The van der Waals surface area contributed by atoms with Gasteiger partial charge in [-0.25, -0.2) is 0 Å². The Morgan fingerprint density at radius 3 is 1.15 bits per heavy atom. The second-order valence-electron chi connectivity index (χ2n) is 7.45. The van der Waals surface area contributed by atoms with Crippen LogP contribution in [0, 0.1) is 0 Å². The Hall–Kier alpha value is -4.98. The Kier molecular flexibility index (Phi) is 6.60. The molecule has 0 aliphatic carbocycles. The van der Waals surface area contributed by atoms with E-state index < -0.39 is 0 Å². The van der Waals surface area contributed by atoms with Gasteiger partial charge in [0.2, 0.25) is 0 Å². The summed E-state index contributed by atoms with van der Waals surface area (Å²) in [4.78, 5) is 24.6. The molecule has 8 nitrogen and oxygen atoms in total. The number of carbonyl (C=O) groups is 2. The maximum Gasteiger partial charge on any atom is 0.255 e. The second-order valence-corrected chi connectivity index (χ2v) is 7.45. The summed E-state index contributed by atoms with van der Waals surface area (Å²) in [6.07, 6.45) is 0. The number of amides is 2. The monoisotopic (exact) mass is 450 g/mol. The minimum Gasteiger partial charge on any atom is -0.399 e. The maximum atomic E-state index is 12.3. The topological polar surface area (TPSA) is 135 Å². The van der Waals surface area contributed by atoms with Gasteiger partial charge in [0, 0.05) is 33.9 Å². The Morgan fingerprint density at radius 2 is 0.824 bits per heavy atom. The van der Waals surface area contributed by atoms with Crippen LogP contribution in [0.5, 0.6) is 0 Å². The third-order valence-corrected chi connectivity index (χ3v) is 4.88. The molecule has 0 atom stereocenters. The minimum atomic E-state index is -0.224. The lowest BCUT2D eigenvalue weighted by atomic mass is 10.2. The molecule has 4 aromatic carbocycles. The van der Waals surface area contributed by atoms with Crippen LogP contribution in [0.25, 0.3) is 0 Å². The summed E-state index contributed by atoms with van der Waals surface area (Å²) in [5, 5.41) is 14.1. The summed E-state index contributed by atoms with van der Waals surface area (Å²) in [7, 11) is 0. The first-order valence-electron chi connectivity index (χ1n) is 10.4. The molecular formula is C26H22N6O2. The number of nitrogens with zero attached hydrogens (tertiary/aromatic N) is 2. The van der Waals surface area contributed by atoms with Crippen LogP contribution in [-0.4, -0.2) is 11.8 Å². The van der Waals surface area contributed by atoms with Crippen molar-refractivity contribution in [2.45, 2.75) is 0 Å². The molecule has 34 heavy (non-hydrogen) atoms. The highest BCUT2D eigenvalue weighted by Crippen LogP contribution is 2.22. The molecule has 0 saturated heterocycles. The second kappa shape index (κ2) is 10.1. The van der Waals surface area contributed by atoms with Gasteiger partial charge in [-0.3, -0.25) is 9.59 Å². The van der Waals surface area contributed by atoms with Gasteiger partial charge in [-0.15, -0.1) is 0 Å². The Bertz CT molecular complexity index is 1210. The van der Waals surface area contributed by atoms with E-state index in [-0.39, 0.29) is 11.8 Å². The van der Waals surface area contributed by atoms with Crippen molar-refractivity contribution < 1.29 is 9.59 Å². The molecule has 0 aliphatic rings. The summed E-state index contributed by atoms with van der Waals surface area (Å²) in [6, 6.07) is 27.4. The fraction of sp³-hybridized carbons (Fsp3) is 0. The largest absolute Gasteiger partial charge is 0.399 e. The van der Waals surface area contributed by atoms with Gasteiger partial charge >= 0.3 is 0 Å². The lowest BCUT2D eigenvalue weighted by molar-refractivity contribution is 0.101. The Labute approximate surface area is 196 Å². The van der Waals surface area contributed by atoms with Crippen LogP contribution in [0.1, 0.15) is 20.7 Å². The van der Waals surface area contributed by atoms with Crippen molar-refractivity contribution in [2.75, 3.05) is 22.1 Å². The first kappa shape index (κ1) is 22.2. The van der Waals surface area contributed by atoms with E-state index in [2.05, 4.69) is 20.9 Å². The zero-order chi connectivity index (χ0) is 23.9. The number of nitrogen functional groups attached to an aromatic ring is 2. The standard InChI is InChI=1S/C26H22N6O2/c27-19-5-1-17(2-6-19)25(33)29-21-9-13-23(14-10-21)31-32-24-15-11-22(12-16-24)30-26(34)18-3-7-20(28)8-4-18/h1-16H,27-28H2,(H,29,33)(H,30,34). The zero-order valence-electron chi connectivity index (χ0n) is 18.1. The van der Waals surface area contributed by atoms with Gasteiger partial charge in [-0.2, -0.15) is 10.2 Å². The molecule has 2 amide bonds. The molecule has 0 aliphatic heterocycles. The molecule has 0 aromatic heterocycles. The van der Waals surface area contributed by atoms with E-state index in [0.29, 0.717) is 45.3 Å². The lowest BCUT2D eigenvalue weighted by Gasteiger charge is -2.06. The van der Waals surface area contributed by atoms with Crippen molar-refractivity contribution in [2.24, 2.45) is 10.2 Å². The third-order valence-electron chi connectivity index (χ3n) is 4.88. The first-order chi connectivity index (χ1) is 16.5. The highest BCUT2D eigenvalue weighted by Gasteiger charge is 2.07. The SMILES string of the molecule is Nc1ccc(C(=O)Nc2ccc(N=Nc3ccc(NC(=O)c4ccc(N)cc4)cc3)cc2)cc1. The molecule has 0 spiro atoms. The molecule has 6 N–H and O–H groups in total. The zero-order valence-corrected chi connectivity index (χ0v) is 18.1. The number of benzene rings is 4. The summed E-state index contributed by atoms with van der Waals surface area (Å²) in [6.45, 7) is 0. The molecule has 0 bridgehead atoms. The van der Waals surface area contributed by atoms with E-state index in [9.17, 15) is 9.59 Å². The van der Waals surface area contributed by atoms with E-state index in [4.69, 9.17) is 11.5 Å². The lowest BCUT2D eigenvalue weighted by Crippen LogP contribution is -2.11. The summed E-state index contributed by atoms with van der Waals surface area (Å²) >= 11 is 0. The number of hydrogen-bond donors (Lipinski definition) is 4. The molecule has 4 rings (SSSR count). The van der Waals surface area contributed by atoms with Crippen LogP contribution < -0.4 is 22.1 Å². The molecule has 0 saturated carbocycles. The average Bonchev–Trinajstić information content (AvgIpc) is 2.85. The smallest absolute Gasteiger partial charge is 0.255 e. The van der Waals surface area contributed by atoms with Crippen molar-refractivity contribution in [1.82, 2.24) is 0 Å². The number of azo groups is 1. The molecule has 8 heteroatoms. The summed E-state index contributed by atoms with van der Waals surface area (Å²) in [5.41, 5.74) is 16.1. The van der Waals surface area contributed by atoms with Gasteiger partial charge < -0.3 is 22.1 Å². The number of nitrogens with one attached hydrogen (secondary N) is 2. The number of rotatable bonds is 6. The first-order valence-corrected chi connectivity index (χ1v) is 10.4. The van der Waals surface area contributed by atoms with E-state index in [1.807, 2.05) is 0 Å². The molecule has 4 aromatic rings. The molecular weight excluding hydrogens is 428 g/mol. The molecule has 0 heterocycles. The van der Waals surface area contributed by atoms with Crippen LogP contribution in [0.15, 0.2) is 107 Å². The van der Waals surface area contributed by atoms with Crippen LogP contribution in [-0.2, 0) is 0 Å². The summed E-state index contributed by atoms with van der Waals surface area (Å²) in [5.74, 6) is -0.448. The fourth-order valence-corrected chi connectivity index (χ4v) is 3.01. The van der Waals surface area contributed by atoms with Crippen molar-refractivity contribution in [3.05, 3.63) is 108 Å². The van der Waals surface area contributed by atoms with Crippen LogP contribution in [0.4, 0.5) is 34.1 Å². The number of hydrogen-bond acceptors (Lipinski definition) is 6. The van der Waals surface area contributed by atoms with Crippen molar-refractivity contribution >= 4 is 45.9 Å². The van der Waals surface area contributed by atoms with Crippen LogP contribution >= 0.6 is 0 Å². The van der Waals surface area contributed by atoms with Gasteiger partial charge in [-0.1, -0.05) is 0 Å². The van der Waals surface area contributed by atoms with Gasteiger partial charge in [-0.05, 0) is 97.1 Å². The predicted molar refractivity (Wildman–Crippen MR) is 135 cm³/mol. The maximum absolute atomic E-state index is 12.3.